The van der Waals surface area contributed by atoms with Crippen molar-refractivity contribution in [1.29, 1.82) is 0 Å². The highest BCUT2D eigenvalue weighted by Crippen LogP contribution is 2.26. The molecule has 20 heavy (non-hydrogen) atoms. The smallest absolute Gasteiger partial charge is 0.252 e. The number of halogens is 1. The van der Waals surface area contributed by atoms with E-state index in [1.165, 1.54) is 0 Å². The summed E-state index contributed by atoms with van der Waals surface area (Å²) in [5.41, 5.74) is 0.683. The molecule has 0 bridgehead atoms. The highest BCUT2D eigenvalue weighted by Gasteiger charge is 2.23. The summed E-state index contributed by atoms with van der Waals surface area (Å²) in [6, 6.07) is 6.02. The van der Waals surface area contributed by atoms with Crippen LogP contribution in [0.2, 0.25) is 5.02 Å². The molecule has 1 aromatic carbocycles. The maximum absolute atomic E-state index is 12.5. The van der Waals surface area contributed by atoms with Crippen LogP contribution in [0, 0.1) is 0 Å². The van der Waals surface area contributed by atoms with Crippen LogP contribution in [0.4, 0.5) is 0 Å². The number of benzene rings is 1. The maximum Gasteiger partial charge on any atom is 0.252 e. The molecule has 0 saturated carbocycles. The third-order valence-corrected chi connectivity index (χ3v) is 4.76. The van der Waals surface area contributed by atoms with E-state index in [1.807, 2.05) is 12.1 Å². The van der Waals surface area contributed by atoms with Crippen LogP contribution in [0.5, 0.6) is 0 Å². The Bertz CT molecular complexity index is 481. The average molecular weight is 313 g/mol. The van der Waals surface area contributed by atoms with Gasteiger partial charge in [-0.15, -0.1) is 11.8 Å². The summed E-state index contributed by atoms with van der Waals surface area (Å²) in [4.78, 5) is 13.5. The second-order valence-electron chi connectivity index (χ2n) is 5.04. The minimum absolute atomic E-state index is 0.0241. The lowest BCUT2D eigenvalue weighted by Gasteiger charge is -2.30. The van der Waals surface area contributed by atoms with E-state index >= 15 is 0 Å². The largest absolute Gasteiger partial charge is 0.348 e. The first-order valence-corrected chi connectivity index (χ1v) is 8.44. The second-order valence-corrected chi connectivity index (χ2v) is 6.78. The summed E-state index contributed by atoms with van der Waals surface area (Å²) in [5.74, 6) is 0.910. The van der Waals surface area contributed by atoms with E-state index in [2.05, 4.69) is 24.5 Å². The Hall–Kier alpha value is -0.710. The lowest BCUT2D eigenvalue weighted by Crippen LogP contribution is -2.51. The van der Waals surface area contributed by atoms with Gasteiger partial charge in [-0.2, -0.15) is 0 Å². The van der Waals surface area contributed by atoms with Crippen molar-refractivity contribution in [2.24, 2.45) is 0 Å². The molecular formula is C15H21ClN2OS. The molecule has 2 unspecified atom stereocenters. The van der Waals surface area contributed by atoms with E-state index in [0.29, 0.717) is 16.6 Å². The predicted molar refractivity (Wildman–Crippen MR) is 85.8 cm³/mol. The molecule has 1 aliphatic rings. The van der Waals surface area contributed by atoms with Crippen molar-refractivity contribution < 1.29 is 4.79 Å². The molecule has 1 fully saturated rings. The fourth-order valence-corrected chi connectivity index (χ4v) is 3.40. The molecular weight excluding hydrogens is 292 g/mol. The monoisotopic (exact) mass is 312 g/mol. The average Bonchev–Trinajstić information content (AvgIpc) is 2.43. The number of piperidine rings is 1. The first-order chi connectivity index (χ1) is 9.61. The molecule has 1 aliphatic heterocycles. The number of amides is 1. The Morgan fingerprint density at radius 2 is 2.35 bits per heavy atom. The third kappa shape index (κ3) is 3.90. The summed E-state index contributed by atoms with van der Waals surface area (Å²) in [5, 5.41) is 7.13. The number of hydrogen-bond donors (Lipinski definition) is 2. The first kappa shape index (κ1) is 15.7. The molecule has 1 amide bonds. The van der Waals surface area contributed by atoms with Gasteiger partial charge in [0.1, 0.15) is 0 Å². The van der Waals surface area contributed by atoms with E-state index in [1.54, 1.807) is 17.8 Å². The Morgan fingerprint density at radius 3 is 3.05 bits per heavy atom. The third-order valence-electron chi connectivity index (χ3n) is 3.56. The highest BCUT2D eigenvalue weighted by atomic mass is 35.5. The minimum Gasteiger partial charge on any atom is -0.348 e. The van der Waals surface area contributed by atoms with Gasteiger partial charge in [-0.25, -0.2) is 0 Å². The molecule has 2 rings (SSSR count). The van der Waals surface area contributed by atoms with Crippen molar-refractivity contribution in [2.45, 2.75) is 43.7 Å². The van der Waals surface area contributed by atoms with E-state index < -0.39 is 0 Å². The Kier molecular flexibility index (Phi) is 5.75. The minimum atomic E-state index is -0.0241. The quantitative estimate of drug-likeness (QED) is 0.838. The summed E-state index contributed by atoms with van der Waals surface area (Å²) in [6.45, 7) is 5.22. The van der Waals surface area contributed by atoms with E-state index in [0.717, 1.165) is 30.0 Å². The van der Waals surface area contributed by atoms with Crippen molar-refractivity contribution >= 4 is 29.3 Å². The van der Waals surface area contributed by atoms with Crippen molar-refractivity contribution in [3.63, 3.8) is 0 Å². The van der Waals surface area contributed by atoms with Crippen LogP contribution >= 0.6 is 23.4 Å². The van der Waals surface area contributed by atoms with Crippen LogP contribution in [0.25, 0.3) is 0 Å². The molecule has 110 valence electrons. The molecule has 1 saturated heterocycles. The fourth-order valence-electron chi connectivity index (χ4n) is 2.45. The van der Waals surface area contributed by atoms with Crippen LogP contribution in [0.1, 0.15) is 37.0 Å². The van der Waals surface area contributed by atoms with E-state index in [9.17, 15) is 4.79 Å². The SMILES string of the molecule is CCSc1ccc(Cl)cc1C(=O)NC1CCCNC1C. The molecule has 5 heteroatoms. The Labute approximate surface area is 129 Å². The standard InChI is InChI=1S/C15H21ClN2OS/c1-3-20-14-7-6-11(16)9-12(14)15(19)18-13-5-4-8-17-10(13)2/h6-7,9-10,13,17H,3-5,8H2,1-2H3,(H,18,19). The molecule has 0 aromatic heterocycles. The van der Waals surface area contributed by atoms with Gasteiger partial charge in [0, 0.05) is 22.0 Å². The summed E-state index contributed by atoms with van der Waals surface area (Å²) in [6.07, 6.45) is 2.12. The van der Waals surface area contributed by atoms with Crippen molar-refractivity contribution in [3.8, 4) is 0 Å². The first-order valence-electron chi connectivity index (χ1n) is 7.08. The van der Waals surface area contributed by atoms with Gasteiger partial charge in [-0.1, -0.05) is 18.5 Å². The number of hydrogen-bond acceptors (Lipinski definition) is 3. The topological polar surface area (TPSA) is 41.1 Å². The van der Waals surface area contributed by atoms with Crippen molar-refractivity contribution in [2.75, 3.05) is 12.3 Å². The van der Waals surface area contributed by atoms with Crippen LogP contribution in [-0.2, 0) is 0 Å². The van der Waals surface area contributed by atoms with Gasteiger partial charge in [-0.3, -0.25) is 4.79 Å². The van der Waals surface area contributed by atoms with Gasteiger partial charge in [0.2, 0.25) is 0 Å². The lowest BCUT2D eigenvalue weighted by atomic mass is 9.99. The van der Waals surface area contributed by atoms with Crippen LogP contribution < -0.4 is 10.6 Å². The second kappa shape index (κ2) is 7.34. The number of nitrogens with one attached hydrogen (secondary N) is 2. The van der Waals surface area contributed by atoms with Crippen molar-refractivity contribution in [1.82, 2.24) is 10.6 Å². The number of carbonyl (C=O) groups excluding carboxylic acids is 1. The van der Waals surface area contributed by atoms with Gasteiger partial charge < -0.3 is 10.6 Å². The Balaban J connectivity index is 2.13. The molecule has 2 atom stereocenters. The molecule has 0 spiro atoms. The molecule has 1 heterocycles. The van der Waals surface area contributed by atoms with E-state index in [4.69, 9.17) is 11.6 Å². The van der Waals surface area contributed by atoms with Gasteiger partial charge in [0.25, 0.3) is 5.91 Å². The van der Waals surface area contributed by atoms with Crippen molar-refractivity contribution in [3.05, 3.63) is 28.8 Å². The van der Waals surface area contributed by atoms with Crippen LogP contribution in [0.3, 0.4) is 0 Å². The lowest BCUT2D eigenvalue weighted by molar-refractivity contribution is 0.0917. The zero-order valence-corrected chi connectivity index (χ0v) is 13.5. The fraction of sp³-hybridized carbons (Fsp3) is 0.533. The predicted octanol–water partition coefficient (Wildman–Crippen LogP) is 3.32. The van der Waals surface area contributed by atoms with Gasteiger partial charge in [-0.05, 0) is 50.3 Å². The number of carbonyl (C=O) groups is 1. The normalized spacial score (nSPS) is 22.6. The molecule has 2 N–H and O–H groups in total. The van der Waals surface area contributed by atoms with Gasteiger partial charge in [0.15, 0.2) is 0 Å². The molecule has 0 aliphatic carbocycles. The molecule has 1 aromatic rings. The van der Waals surface area contributed by atoms with Gasteiger partial charge in [0.05, 0.1) is 5.56 Å². The molecule has 0 radical (unpaired) electrons. The maximum atomic E-state index is 12.5. The van der Waals surface area contributed by atoms with Gasteiger partial charge >= 0.3 is 0 Å². The summed E-state index contributed by atoms with van der Waals surface area (Å²) < 4.78 is 0. The zero-order chi connectivity index (χ0) is 14.5. The van der Waals surface area contributed by atoms with E-state index in [-0.39, 0.29) is 11.9 Å². The highest BCUT2D eigenvalue weighted by molar-refractivity contribution is 7.99. The summed E-state index contributed by atoms with van der Waals surface area (Å²) >= 11 is 7.70. The van der Waals surface area contributed by atoms with Crippen LogP contribution in [0.15, 0.2) is 23.1 Å². The molecule has 3 nitrogen and oxygen atoms in total. The number of thioether (sulfide) groups is 1. The Morgan fingerprint density at radius 1 is 1.55 bits per heavy atom. The van der Waals surface area contributed by atoms with Crippen LogP contribution in [-0.4, -0.2) is 30.3 Å². The number of rotatable bonds is 4. The zero-order valence-electron chi connectivity index (χ0n) is 11.9. The summed E-state index contributed by atoms with van der Waals surface area (Å²) in [7, 11) is 0.